The topological polar surface area (TPSA) is 59.1 Å². The fraction of sp³-hybridized carbons (Fsp3) is 0.474. The van der Waals surface area contributed by atoms with E-state index in [1.165, 1.54) is 13.2 Å². The van der Waals surface area contributed by atoms with Crippen molar-refractivity contribution in [2.24, 2.45) is 0 Å². The number of nitrogens with zero attached hydrogens (tertiary/aromatic N) is 2. The number of ether oxygens (including phenoxy) is 2. The van der Waals surface area contributed by atoms with Crippen molar-refractivity contribution >= 4 is 18.0 Å². The summed E-state index contributed by atoms with van der Waals surface area (Å²) in [5.74, 6) is 0.356. The van der Waals surface area contributed by atoms with Crippen LogP contribution < -0.4 is 4.74 Å². The molecule has 0 saturated heterocycles. The molecular weight excluding hydrogens is 320 g/mol. The molecule has 0 heterocycles. The molecule has 1 aromatic carbocycles. The van der Waals surface area contributed by atoms with Gasteiger partial charge in [-0.05, 0) is 44.8 Å². The Kier molecular flexibility index (Phi) is 9.32. The van der Waals surface area contributed by atoms with Gasteiger partial charge in [-0.15, -0.1) is 0 Å². The van der Waals surface area contributed by atoms with Gasteiger partial charge < -0.3 is 19.3 Å². The summed E-state index contributed by atoms with van der Waals surface area (Å²) in [7, 11) is 5.23. The van der Waals surface area contributed by atoms with Gasteiger partial charge in [0.2, 0.25) is 5.91 Å². The number of methoxy groups -OCH3 is 1. The summed E-state index contributed by atoms with van der Waals surface area (Å²) in [4.78, 5) is 27.4. The molecule has 0 aliphatic carbocycles. The lowest BCUT2D eigenvalue weighted by atomic mass is 10.2. The van der Waals surface area contributed by atoms with Gasteiger partial charge in [0.05, 0.1) is 20.1 Å². The molecule has 1 amide bonds. The fourth-order valence-corrected chi connectivity index (χ4v) is 2.10. The van der Waals surface area contributed by atoms with Crippen LogP contribution in [0.2, 0.25) is 0 Å². The molecule has 138 valence electrons. The third-order valence-electron chi connectivity index (χ3n) is 3.55. The second-order valence-corrected chi connectivity index (χ2v) is 5.79. The van der Waals surface area contributed by atoms with Crippen LogP contribution in [0.1, 0.15) is 18.9 Å². The van der Waals surface area contributed by atoms with Crippen molar-refractivity contribution in [3.63, 3.8) is 0 Å². The quantitative estimate of drug-likeness (QED) is 0.478. The van der Waals surface area contributed by atoms with E-state index in [1.54, 1.807) is 11.0 Å². The molecule has 0 saturated carbocycles. The van der Waals surface area contributed by atoms with Gasteiger partial charge in [-0.1, -0.05) is 12.1 Å². The molecule has 0 spiro atoms. The number of likely N-dealkylation sites (N-methyl/N-ethyl adjacent to an activating group) is 1. The summed E-state index contributed by atoms with van der Waals surface area (Å²) >= 11 is 0. The Morgan fingerprint density at radius 1 is 1.08 bits per heavy atom. The Labute approximate surface area is 150 Å². The lowest BCUT2D eigenvalue weighted by Crippen LogP contribution is -2.37. The standard InChI is InChI=1S/C19H28N2O4/c1-5-25-17-9-6-16(7-10-17)8-11-18(22)21(15-14-20(2)3)13-12-19(23)24-4/h6-11H,5,12-15H2,1-4H3/b11-8+. The number of carbonyl (C=O) groups excluding carboxylic acids is 2. The number of esters is 1. The van der Waals surface area contributed by atoms with E-state index < -0.39 is 0 Å². The minimum Gasteiger partial charge on any atom is -0.494 e. The highest BCUT2D eigenvalue weighted by molar-refractivity contribution is 5.92. The van der Waals surface area contributed by atoms with Gasteiger partial charge >= 0.3 is 5.97 Å². The fourth-order valence-electron chi connectivity index (χ4n) is 2.10. The largest absolute Gasteiger partial charge is 0.494 e. The predicted octanol–water partition coefficient (Wildman–Crippen LogP) is 2.05. The van der Waals surface area contributed by atoms with Gasteiger partial charge in [-0.25, -0.2) is 0 Å². The minimum atomic E-state index is -0.321. The lowest BCUT2D eigenvalue weighted by molar-refractivity contribution is -0.141. The average molecular weight is 348 g/mol. The maximum absolute atomic E-state index is 12.4. The number of hydrogen-bond acceptors (Lipinski definition) is 5. The molecule has 0 unspecified atom stereocenters. The minimum absolute atomic E-state index is 0.125. The molecule has 0 bridgehead atoms. The smallest absolute Gasteiger partial charge is 0.307 e. The van der Waals surface area contributed by atoms with Crippen molar-refractivity contribution in [1.82, 2.24) is 9.80 Å². The maximum atomic E-state index is 12.4. The van der Waals surface area contributed by atoms with Gasteiger partial charge in [-0.2, -0.15) is 0 Å². The number of hydrogen-bond donors (Lipinski definition) is 0. The number of rotatable bonds is 10. The number of carbonyl (C=O) groups is 2. The van der Waals surface area contributed by atoms with Crippen LogP contribution in [0.25, 0.3) is 6.08 Å². The molecule has 0 fully saturated rings. The molecule has 1 rings (SSSR count). The molecule has 0 aliphatic rings. The van der Waals surface area contributed by atoms with E-state index in [0.29, 0.717) is 19.7 Å². The van der Waals surface area contributed by atoms with E-state index in [4.69, 9.17) is 4.74 Å². The Bertz CT molecular complexity index is 567. The molecule has 0 aliphatic heterocycles. The lowest BCUT2D eigenvalue weighted by Gasteiger charge is -2.22. The Morgan fingerprint density at radius 2 is 1.76 bits per heavy atom. The zero-order valence-electron chi connectivity index (χ0n) is 15.5. The zero-order chi connectivity index (χ0) is 18.7. The summed E-state index contributed by atoms with van der Waals surface area (Å²) < 4.78 is 10.0. The van der Waals surface area contributed by atoms with Gasteiger partial charge in [0.15, 0.2) is 0 Å². The third kappa shape index (κ3) is 8.35. The molecule has 0 aromatic heterocycles. The van der Waals surface area contributed by atoms with E-state index in [2.05, 4.69) is 4.74 Å². The first-order valence-electron chi connectivity index (χ1n) is 8.37. The predicted molar refractivity (Wildman–Crippen MR) is 98.4 cm³/mol. The first-order valence-corrected chi connectivity index (χ1v) is 8.37. The van der Waals surface area contributed by atoms with Crippen molar-refractivity contribution in [2.45, 2.75) is 13.3 Å². The van der Waals surface area contributed by atoms with E-state index in [0.717, 1.165) is 17.9 Å². The Balaban J connectivity index is 2.69. The van der Waals surface area contributed by atoms with Crippen LogP contribution in [0, 0.1) is 0 Å². The maximum Gasteiger partial charge on any atom is 0.307 e. The summed E-state index contributed by atoms with van der Waals surface area (Å²) in [6, 6.07) is 7.53. The summed E-state index contributed by atoms with van der Waals surface area (Å²) in [6.07, 6.45) is 3.48. The van der Waals surface area contributed by atoms with Gasteiger partial charge in [-0.3, -0.25) is 9.59 Å². The van der Waals surface area contributed by atoms with Crippen LogP contribution in [0.5, 0.6) is 5.75 Å². The highest BCUT2D eigenvalue weighted by Gasteiger charge is 2.13. The van der Waals surface area contributed by atoms with Gasteiger partial charge in [0.25, 0.3) is 0 Å². The van der Waals surface area contributed by atoms with Crippen molar-refractivity contribution in [1.29, 1.82) is 0 Å². The zero-order valence-corrected chi connectivity index (χ0v) is 15.5. The van der Waals surface area contributed by atoms with E-state index in [-0.39, 0.29) is 18.3 Å². The van der Waals surface area contributed by atoms with E-state index >= 15 is 0 Å². The average Bonchev–Trinajstić information content (AvgIpc) is 2.60. The van der Waals surface area contributed by atoms with Gasteiger partial charge in [0, 0.05) is 25.7 Å². The molecule has 6 nitrogen and oxygen atoms in total. The second-order valence-electron chi connectivity index (χ2n) is 5.79. The van der Waals surface area contributed by atoms with E-state index in [9.17, 15) is 9.59 Å². The van der Waals surface area contributed by atoms with Crippen molar-refractivity contribution < 1.29 is 19.1 Å². The Hall–Kier alpha value is -2.34. The van der Waals surface area contributed by atoms with Crippen LogP contribution in [0.4, 0.5) is 0 Å². The van der Waals surface area contributed by atoms with Crippen molar-refractivity contribution in [3.05, 3.63) is 35.9 Å². The number of benzene rings is 1. The van der Waals surface area contributed by atoms with Crippen LogP contribution in [0.3, 0.4) is 0 Å². The van der Waals surface area contributed by atoms with Gasteiger partial charge in [0.1, 0.15) is 5.75 Å². The second kappa shape index (κ2) is 11.3. The highest BCUT2D eigenvalue weighted by atomic mass is 16.5. The van der Waals surface area contributed by atoms with Crippen LogP contribution >= 0.6 is 0 Å². The molecular formula is C19H28N2O4. The molecule has 0 atom stereocenters. The van der Waals surface area contributed by atoms with Crippen LogP contribution in [-0.4, -0.2) is 69.1 Å². The summed E-state index contributed by atoms with van der Waals surface area (Å²) in [5.41, 5.74) is 0.914. The van der Waals surface area contributed by atoms with Crippen molar-refractivity contribution in [3.8, 4) is 5.75 Å². The first kappa shape index (κ1) is 20.7. The van der Waals surface area contributed by atoms with E-state index in [1.807, 2.05) is 50.2 Å². The monoisotopic (exact) mass is 348 g/mol. The number of amides is 1. The normalized spacial score (nSPS) is 10.9. The van der Waals surface area contributed by atoms with Crippen LogP contribution in [-0.2, 0) is 14.3 Å². The third-order valence-corrected chi connectivity index (χ3v) is 3.55. The molecule has 0 N–H and O–H groups in total. The molecule has 6 heteroatoms. The van der Waals surface area contributed by atoms with Crippen molar-refractivity contribution in [2.75, 3.05) is 47.4 Å². The Morgan fingerprint density at radius 3 is 2.32 bits per heavy atom. The van der Waals surface area contributed by atoms with Crippen LogP contribution in [0.15, 0.2) is 30.3 Å². The summed E-state index contributed by atoms with van der Waals surface area (Å²) in [5, 5.41) is 0. The summed E-state index contributed by atoms with van der Waals surface area (Å²) in [6.45, 7) is 4.17. The first-order chi connectivity index (χ1) is 12.0. The highest BCUT2D eigenvalue weighted by Crippen LogP contribution is 2.13. The molecule has 25 heavy (non-hydrogen) atoms. The SMILES string of the molecule is CCOc1ccc(/C=C/C(=O)N(CCC(=O)OC)CCN(C)C)cc1. The molecule has 1 aromatic rings. The molecule has 0 radical (unpaired) electrons.